The third-order valence-corrected chi connectivity index (χ3v) is 4.11. The summed E-state index contributed by atoms with van der Waals surface area (Å²) >= 11 is 3.57. The first kappa shape index (κ1) is 15.6. The first-order valence-corrected chi connectivity index (χ1v) is 7.52. The maximum atomic E-state index is 11.5. The highest BCUT2D eigenvalue weighted by molar-refractivity contribution is 9.10. The first-order chi connectivity index (χ1) is 10.0. The number of carbonyl (C=O) groups excluding carboxylic acids is 1. The van der Waals surface area contributed by atoms with Crippen LogP contribution in [0.3, 0.4) is 0 Å². The average molecular weight is 348 g/mol. The Hall–Kier alpha value is -1.81. The van der Waals surface area contributed by atoms with Gasteiger partial charge < -0.3 is 10.1 Å². The molecule has 0 fully saturated rings. The Kier molecular flexibility index (Phi) is 5.02. The molecule has 1 N–H and O–H groups in total. The van der Waals surface area contributed by atoms with Crippen molar-refractivity contribution in [3.8, 4) is 0 Å². The molecule has 0 aliphatic carbocycles. The second-order valence-corrected chi connectivity index (χ2v) is 5.76. The molecule has 0 spiro atoms. The van der Waals surface area contributed by atoms with Crippen LogP contribution < -0.4 is 5.32 Å². The van der Waals surface area contributed by atoms with E-state index >= 15 is 0 Å². The van der Waals surface area contributed by atoms with Crippen molar-refractivity contribution in [3.63, 3.8) is 0 Å². The first-order valence-electron chi connectivity index (χ1n) is 6.73. The van der Waals surface area contributed by atoms with Crippen LogP contribution in [0.5, 0.6) is 0 Å². The molecule has 2 rings (SSSR count). The number of ether oxygens (including phenoxy) is 1. The number of aryl methyl sites for hydroxylation is 1. The second-order valence-electron chi connectivity index (χ2n) is 4.91. The van der Waals surface area contributed by atoms with Crippen molar-refractivity contribution in [2.75, 3.05) is 12.4 Å². The number of benzene rings is 2. The molecule has 0 saturated carbocycles. The summed E-state index contributed by atoms with van der Waals surface area (Å²) in [5, 5.41) is 3.47. The van der Waals surface area contributed by atoms with Gasteiger partial charge in [-0.05, 0) is 49.2 Å². The number of methoxy groups -OCH3 is 1. The lowest BCUT2D eigenvalue weighted by Crippen LogP contribution is -2.09. The zero-order valence-corrected chi connectivity index (χ0v) is 13.9. The van der Waals surface area contributed by atoms with Gasteiger partial charge in [-0.2, -0.15) is 0 Å². The molecule has 21 heavy (non-hydrogen) atoms. The molecule has 0 amide bonds. The van der Waals surface area contributed by atoms with E-state index in [-0.39, 0.29) is 12.0 Å². The normalized spacial score (nSPS) is 11.8. The van der Waals surface area contributed by atoms with Gasteiger partial charge in [0.2, 0.25) is 0 Å². The van der Waals surface area contributed by atoms with Crippen molar-refractivity contribution in [1.29, 1.82) is 0 Å². The van der Waals surface area contributed by atoms with E-state index in [2.05, 4.69) is 34.2 Å². The number of hydrogen-bond acceptors (Lipinski definition) is 3. The molecule has 4 heteroatoms. The summed E-state index contributed by atoms with van der Waals surface area (Å²) in [5.41, 5.74) is 3.77. The zero-order valence-electron chi connectivity index (χ0n) is 12.3. The van der Waals surface area contributed by atoms with Crippen LogP contribution in [0.25, 0.3) is 0 Å². The molecular weight excluding hydrogens is 330 g/mol. The second kappa shape index (κ2) is 6.76. The van der Waals surface area contributed by atoms with Crippen molar-refractivity contribution in [2.24, 2.45) is 0 Å². The number of carbonyl (C=O) groups is 1. The highest BCUT2D eigenvalue weighted by Crippen LogP contribution is 2.27. The third-order valence-electron chi connectivity index (χ3n) is 3.39. The molecular formula is C17H18BrNO2. The van der Waals surface area contributed by atoms with E-state index in [0.29, 0.717) is 5.56 Å². The molecule has 2 aromatic carbocycles. The van der Waals surface area contributed by atoms with E-state index in [4.69, 9.17) is 4.74 Å². The fraction of sp³-hybridized carbons (Fsp3) is 0.235. The molecule has 1 atom stereocenters. The van der Waals surface area contributed by atoms with E-state index in [1.54, 1.807) is 6.07 Å². The van der Waals surface area contributed by atoms with Crippen LogP contribution in [0.2, 0.25) is 0 Å². The maximum absolute atomic E-state index is 11.5. The maximum Gasteiger partial charge on any atom is 0.337 e. The van der Waals surface area contributed by atoms with E-state index in [1.807, 2.05) is 37.3 Å². The zero-order chi connectivity index (χ0) is 15.4. The Bertz CT molecular complexity index is 655. The Morgan fingerprint density at radius 3 is 2.57 bits per heavy atom. The van der Waals surface area contributed by atoms with Gasteiger partial charge in [0, 0.05) is 16.2 Å². The van der Waals surface area contributed by atoms with Crippen LogP contribution in [-0.4, -0.2) is 13.1 Å². The van der Waals surface area contributed by atoms with Crippen LogP contribution >= 0.6 is 15.9 Å². The van der Waals surface area contributed by atoms with E-state index in [9.17, 15) is 4.79 Å². The molecule has 110 valence electrons. The van der Waals surface area contributed by atoms with Gasteiger partial charge in [0.15, 0.2) is 0 Å². The van der Waals surface area contributed by atoms with Gasteiger partial charge in [0.25, 0.3) is 0 Å². The minimum atomic E-state index is -0.316. The number of rotatable bonds is 4. The molecule has 0 radical (unpaired) electrons. The van der Waals surface area contributed by atoms with Crippen LogP contribution in [0.1, 0.15) is 34.5 Å². The average Bonchev–Trinajstić information content (AvgIpc) is 2.48. The Morgan fingerprint density at radius 1 is 1.24 bits per heavy atom. The predicted molar refractivity (Wildman–Crippen MR) is 88.7 cm³/mol. The monoisotopic (exact) mass is 347 g/mol. The lowest BCUT2D eigenvalue weighted by atomic mass is 10.1. The summed E-state index contributed by atoms with van der Waals surface area (Å²) in [7, 11) is 1.39. The van der Waals surface area contributed by atoms with E-state index in [1.165, 1.54) is 12.7 Å². The van der Waals surface area contributed by atoms with Crippen molar-refractivity contribution in [1.82, 2.24) is 0 Å². The molecule has 0 heterocycles. The molecule has 0 aliphatic heterocycles. The third kappa shape index (κ3) is 3.64. The van der Waals surface area contributed by atoms with Gasteiger partial charge in [-0.15, -0.1) is 0 Å². The van der Waals surface area contributed by atoms with Crippen molar-refractivity contribution < 1.29 is 9.53 Å². The van der Waals surface area contributed by atoms with Gasteiger partial charge >= 0.3 is 5.97 Å². The van der Waals surface area contributed by atoms with Crippen LogP contribution in [0.15, 0.2) is 46.9 Å². The summed E-state index contributed by atoms with van der Waals surface area (Å²) in [5.74, 6) is -0.316. The number of halogens is 1. The van der Waals surface area contributed by atoms with Gasteiger partial charge in [-0.25, -0.2) is 4.79 Å². The number of nitrogens with one attached hydrogen (secondary N) is 1. The Morgan fingerprint density at radius 2 is 1.95 bits per heavy atom. The largest absolute Gasteiger partial charge is 0.465 e. The molecule has 0 saturated heterocycles. The molecule has 0 bridgehead atoms. The van der Waals surface area contributed by atoms with Crippen molar-refractivity contribution in [2.45, 2.75) is 19.9 Å². The summed E-state index contributed by atoms with van der Waals surface area (Å²) in [6, 6.07) is 13.8. The summed E-state index contributed by atoms with van der Waals surface area (Å²) in [6.45, 7) is 4.08. The van der Waals surface area contributed by atoms with Gasteiger partial charge in [-0.1, -0.05) is 34.1 Å². The lowest BCUT2D eigenvalue weighted by molar-refractivity contribution is 0.0600. The molecule has 2 aromatic rings. The van der Waals surface area contributed by atoms with Crippen molar-refractivity contribution >= 4 is 27.6 Å². The predicted octanol–water partition coefficient (Wildman–Crippen LogP) is 4.72. The van der Waals surface area contributed by atoms with Gasteiger partial charge in [-0.3, -0.25) is 0 Å². The van der Waals surface area contributed by atoms with Crippen molar-refractivity contribution in [3.05, 3.63) is 63.6 Å². The van der Waals surface area contributed by atoms with Crippen LogP contribution in [0.4, 0.5) is 5.69 Å². The number of anilines is 1. The molecule has 1 unspecified atom stereocenters. The van der Waals surface area contributed by atoms with Crippen LogP contribution in [-0.2, 0) is 4.74 Å². The summed E-state index contributed by atoms with van der Waals surface area (Å²) in [6.07, 6.45) is 0. The number of hydrogen-bond donors (Lipinski definition) is 1. The molecule has 0 aromatic heterocycles. The Labute approximate surface area is 133 Å². The summed E-state index contributed by atoms with van der Waals surface area (Å²) < 4.78 is 5.81. The minimum absolute atomic E-state index is 0.156. The van der Waals surface area contributed by atoms with E-state index in [0.717, 1.165) is 15.7 Å². The Balaban J connectivity index is 2.20. The molecule has 3 nitrogen and oxygen atoms in total. The fourth-order valence-corrected chi connectivity index (χ4v) is 2.84. The number of esters is 1. The minimum Gasteiger partial charge on any atom is -0.465 e. The van der Waals surface area contributed by atoms with Crippen LogP contribution in [0, 0.1) is 6.92 Å². The quantitative estimate of drug-likeness (QED) is 0.813. The van der Waals surface area contributed by atoms with E-state index < -0.39 is 0 Å². The summed E-state index contributed by atoms with van der Waals surface area (Å²) in [4.78, 5) is 11.5. The highest BCUT2D eigenvalue weighted by atomic mass is 79.9. The van der Waals surface area contributed by atoms with Gasteiger partial charge in [0.1, 0.15) is 0 Å². The molecule has 0 aliphatic rings. The standard InChI is InChI=1S/C17H18BrNO2/c1-11-10-13(17(20)21-3)8-9-16(11)19-12(2)14-6-4-5-7-15(14)18/h4-10,12,19H,1-3H3. The fourth-order valence-electron chi connectivity index (χ4n) is 2.21. The topological polar surface area (TPSA) is 38.3 Å². The lowest BCUT2D eigenvalue weighted by Gasteiger charge is -2.19. The highest BCUT2D eigenvalue weighted by Gasteiger charge is 2.12. The smallest absolute Gasteiger partial charge is 0.337 e. The SMILES string of the molecule is COC(=O)c1ccc(NC(C)c2ccccc2Br)c(C)c1. The van der Waals surface area contributed by atoms with Gasteiger partial charge in [0.05, 0.1) is 12.7 Å².